The lowest BCUT2D eigenvalue weighted by Crippen LogP contribution is -2.00. The first-order chi connectivity index (χ1) is 9.69. The van der Waals surface area contributed by atoms with Gasteiger partial charge in [-0.15, -0.1) is 11.3 Å². The van der Waals surface area contributed by atoms with Crippen molar-refractivity contribution < 1.29 is 9.53 Å². The molecule has 20 heavy (non-hydrogen) atoms. The zero-order chi connectivity index (χ0) is 14.1. The minimum Gasteiger partial charge on any atom is -0.493 e. The Balaban J connectivity index is 1.88. The molecule has 0 N–H and O–H groups in total. The number of thiophene rings is 1. The van der Waals surface area contributed by atoms with E-state index in [0.717, 1.165) is 27.9 Å². The molecule has 1 aromatic heterocycles. The molecule has 0 amide bonds. The number of rotatable bonds is 4. The van der Waals surface area contributed by atoms with Crippen molar-refractivity contribution in [2.24, 2.45) is 0 Å². The molecule has 0 saturated heterocycles. The lowest BCUT2D eigenvalue weighted by atomic mass is 10.1. The van der Waals surface area contributed by atoms with Crippen molar-refractivity contribution in [3.8, 4) is 5.75 Å². The molecular formula is C16H15BrO2S. The Morgan fingerprint density at radius 3 is 2.90 bits per heavy atom. The normalized spacial score (nSPS) is 13.3. The van der Waals surface area contributed by atoms with Crippen LogP contribution in [0, 0.1) is 0 Å². The maximum Gasteiger partial charge on any atom is 0.203 e. The SMILES string of the molecule is CCOc1ccc(C(=O)c2cc3c(s2)CCC3)cc1Br. The molecule has 104 valence electrons. The summed E-state index contributed by atoms with van der Waals surface area (Å²) in [7, 11) is 0. The van der Waals surface area contributed by atoms with Crippen molar-refractivity contribution in [1.82, 2.24) is 0 Å². The van der Waals surface area contributed by atoms with Gasteiger partial charge in [-0.25, -0.2) is 0 Å². The third-order valence-electron chi connectivity index (χ3n) is 3.46. The van der Waals surface area contributed by atoms with Crippen LogP contribution in [0.15, 0.2) is 28.7 Å². The molecule has 0 saturated carbocycles. The van der Waals surface area contributed by atoms with Crippen LogP contribution in [0.2, 0.25) is 0 Å². The van der Waals surface area contributed by atoms with E-state index in [0.29, 0.717) is 12.2 Å². The summed E-state index contributed by atoms with van der Waals surface area (Å²) in [6, 6.07) is 7.60. The molecule has 0 radical (unpaired) electrons. The number of hydrogen-bond acceptors (Lipinski definition) is 3. The Labute approximate surface area is 130 Å². The third kappa shape index (κ3) is 2.54. The summed E-state index contributed by atoms with van der Waals surface area (Å²) in [5, 5.41) is 0. The van der Waals surface area contributed by atoms with E-state index in [-0.39, 0.29) is 5.78 Å². The van der Waals surface area contributed by atoms with E-state index in [1.165, 1.54) is 16.9 Å². The van der Waals surface area contributed by atoms with E-state index >= 15 is 0 Å². The summed E-state index contributed by atoms with van der Waals surface area (Å²) in [6.45, 7) is 2.56. The number of hydrogen-bond donors (Lipinski definition) is 0. The molecule has 2 aromatic rings. The van der Waals surface area contributed by atoms with Crippen molar-refractivity contribution in [3.05, 3.63) is 49.6 Å². The van der Waals surface area contributed by atoms with E-state index in [1.54, 1.807) is 11.3 Å². The van der Waals surface area contributed by atoms with Gasteiger partial charge in [-0.05, 0) is 71.9 Å². The smallest absolute Gasteiger partial charge is 0.203 e. The highest BCUT2D eigenvalue weighted by atomic mass is 79.9. The zero-order valence-corrected chi connectivity index (χ0v) is 13.6. The van der Waals surface area contributed by atoms with Gasteiger partial charge in [-0.1, -0.05) is 0 Å². The Kier molecular flexibility index (Phi) is 3.94. The molecule has 3 rings (SSSR count). The standard InChI is InChI=1S/C16H15BrO2S/c1-2-19-13-7-6-11(8-12(13)17)16(18)15-9-10-4-3-5-14(10)20-15/h6-9H,2-5H2,1H3. The highest BCUT2D eigenvalue weighted by Crippen LogP contribution is 2.33. The fraction of sp³-hybridized carbons (Fsp3) is 0.312. The van der Waals surface area contributed by atoms with Crippen LogP contribution in [0.5, 0.6) is 5.75 Å². The van der Waals surface area contributed by atoms with E-state index in [2.05, 4.69) is 22.0 Å². The first kappa shape index (κ1) is 13.8. The first-order valence-electron chi connectivity index (χ1n) is 6.77. The maximum atomic E-state index is 12.5. The second-order valence-corrected chi connectivity index (χ2v) is 6.81. The fourth-order valence-corrected chi connectivity index (χ4v) is 4.21. The van der Waals surface area contributed by atoms with Gasteiger partial charge in [0.1, 0.15) is 5.75 Å². The van der Waals surface area contributed by atoms with Crippen LogP contribution >= 0.6 is 27.3 Å². The van der Waals surface area contributed by atoms with Crippen LogP contribution in [0.3, 0.4) is 0 Å². The van der Waals surface area contributed by atoms with Crippen LogP contribution < -0.4 is 4.74 Å². The van der Waals surface area contributed by atoms with E-state index in [1.807, 2.05) is 25.1 Å². The number of aryl methyl sites for hydroxylation is 2. The van der Waals surface area contributed by atoms with E-state index < -0.39 is 0 Å². The number of halogens is 1. The average molecular weight is 351 g/mol. The van der Waals surface area contributed by atoms with Crippen LogP contribution in [0.1, 0.15) is 39.0 Å². The van der Waals surface area contributed by atoms with Gasteiger partial charge >= 0.3 is 0 Å². The minimum absolute atomic E-state index is 0.105. The summed E-state index contributed by atoms with van der Waals surface area (Å²) in [5.74, 6) is 0.880. The number of ether oxygens (including phenoxy) is 1. The molecule has 1 aliphatic carbocycles. The topological polar surface area (TPSA) is 26.3 Å². The van der Waals surface area contributed by atoms with Gasteiger partial charge in [0.05, 0.1) is 16.0 Å². The molecule has 0 bridgehead atoms. The van der Waals surface area contributed by atoms with Crippen molar-refractivity contribution in [3.63, 3.8) is 0 Å². The molecule has 0 atom stereocenters. The molecule has 2 nitrogen and oxygen atoms in total. The number of ketones is 1. The summed E-state index contributed by atoms with van der Waals surface area (Å²) in [4.78, 5) is 14.8. The number of fused-ring (bicyclic) bond motifs is 1. The highest BCUT2D eigenvalue weighted by molar-refractivity contribution is 9.10. The first-order valence-corrected chi connectivity index (χ1v) is 8.38. The largest absolute Gasteiger partial charge is 0.493 e. The summed E-state index contributed by atoms with van der Waals surface area (Å²) in [6.07, 6.45) is 3.47. The van der Waals surface area contributed by atoms with Crippen molar-refractivity contribution in [2.75, 3.05) is 6.61 Å². The van der Waals surface area contributed by atoms with E-state index in [9.17, 15) is 4.79 Å². The van der Waals surface area contributed by atoms with Gasteiger partial charge in [0.2, 0.25) is 5.78 Å². The van der Waals surface area contributed by atoms with Crippen molar-refractivity contribution in [2.45, 2.75) is 26.2 Å². The summed E-state index contributed by atoms with van der Waals surface area (Å²) < 4.78 is 6.30. The lowest BCUT2D eigenvalue weighted by molar-refractivity contribution is 0.104. The number of benzene rings is 1. The van der Waals surface area contributed by atoms with Crippen LogP contribution in [0.25, 0.3) is 0 Å². The molecule has 0 unspecified atom stereocenters. The van der Waals surface area contributed by atoms with Gasteiger partial charge in [0, 0.05) is 10.4 Å². The Morgan fingerprint density at radius 1 is 1.35 bits per heavy atom. The van der Waals surface area contributed by atoms with Crippen molar-refractivity contribution in [1.29, 1.82) is 0 Å². The molecule has 0 aliphatic heterocycles. The monoisotopic (exact) mass is 350 g/mol. The maximum absolute atomic E-state index is 12.5. The summed E-state index contributed by atoms with van der Waals surface area (Å²) in [5.41, 5.74) is 2.07. The fourth-order valence-electron chi connectivity index (χ4n) is 2.50. The second kappa shape index (κ2) is 5.70. The molecular weight excluding hydrogens is 336 g/mol. The molecule has 0 fully saturated rings. The molecule has 0 spiro atoms. The molecule has 4 heteroatoms. The third-order valence-corrected chi connectivity index (χ3v) is 5.32. The summed E-state index contributed by atoms with van der Waals surface area (Å²) >= 11 is 5.11. The van der Waals surface area contributed by atoms with Gasteiger partial charge in [0.25, 0.3) is 0 Å². The lowest BCUT2D eigenvalue weighted by Gasteiger charge is -2.07. The molecule has 1 heterocycles. The van der Waals surface area contributed by atoms with E-state index in [4.69, 9.17) is 4.74 Å². The minimum atomic E-state index is 0.105. The zero-order valence-electron chi connectivity index (χ0n) is 11.2. The quantitative estimate of drug-likeness (QED) is 0.751. The predicted molar refractivity (Wildman–Crippen MR) is 85.1 cm³/mol. The van der Waals surface area contributed by atoms with Gasteiger partial charge in [-0.3, -0.25) is 4.79 Å². The Morgan fingerprint density at radius 2 is 2.20 bits per heavy atom. The number of carbonyl (C=O) groups is 1. The Hall–Kier alpha value is -1.13. The average Bonchev–Trinajstić information content (AvgIpc) is 3.01. The van der Waals surface area contributed by atoms with Gasteiger partial charge in [0.15, 0.2) is 0 Å². The predicted octanol–water partition coefficient (Wildman–Crippen LogP) is 4.63. The van der Waals surface area contributed by atoms with Crippen LogP contribution in [0.4, 0.5) is 0 Å². The Bertz CT molecular complexity index is 639. The van der Waals surface area contributed by atoms with Gasteiger partial charge in [-0.2, -0.15) is 0 Å². The van der Waals surface area contributed by atoms with Gasteiger partial charge < -0.3 is 4.74 Å². The molecule has 1 aliphatic rings. The van der Waals surface area contributed by atoms with Crippen LogP contribution in [-0.4, -0.2) is 12.4 Å². The second-order valence-electron chi connectivity index (χ2n) is 4.82. The highest BCUT2D eigenvalue weighted by Gasteiger charge is 2.19. The van der Waals surface area contributed by atoms with Crippen molar-refractivity contribution >= 4 is 33.0 Å². The molecule has 1 aromatic carbocycles. The van der Waals surface area contributed by atoms with Crippen LogP contribution in [-0.2, 0) is 12.8 Å². The number of carbonyl (C=O) groups excluding carboxylic acids is 1.